The predicted molar refractivity (Wildman–Crippen MR) is 124 cm³/mol. The van der Waals surface area contributed by atoms with Gasteiger partial charge in [0.25, 0.3) is 5.91 Å². The van der Waals surface area contributed by atoms with E-state index in [0.717, 1.165) is 5.56 Å². The van der Waals surface area contributed by atoms with Crippen molar-refractivity contribution in [3.05, 3.63) is 65.7 Å². The lowest BCUT2D eigenvalue weighted by atomic mass is 10.2. The van der Waals surface area contributed by atoms with Gasteiger partial charge < -0.3 is 20.7 Å². The van der Waals surface area contributed by atoms with Crippen molar-refractivity contribution >= 4 is 40.8 Å². The van der Waals surface area contributed by atoms with Crippen molar-refractivity contribution in [2.24, 2.45) is 0 Å². The van der Waals surface area contributed by atoms with Gasteiger partial charge in [0.15, 0.2) is 5.11 Å². The lowest BCUT2D eigenvalue weighted by molar-refractivity contribution is -0.144. The second-order valence-electron chi connectivity index (χ2n) is 7.16. The fourth-order valence-electron chi connectivity index (χ4n) is 2.62. The van der Waals surface area contributed by atoms with Gasteiger partial charge in [-0.15, -0.1) is 0 Å². The van der Waals surface area contributed by atoms with Crippen LogP contribution in [0.4, 0.5) is 5.69 Å². The SMILES string of the molecule is CC(C)NC(=O)c1ccc(NC(=S)NC(=O)CCC(=O)OCCc2ccccc2)cc1. The molecule has 0 atom stereocenters. The molecule has 0 heterocycles. The molecular weight excluding hydrogens is 414 g/mol. The summed E-state index contributed by atoms with van der Waals surface area (Å²) in [6.45, 7) is 4.05. The zero-order valence-corrected chi connectivity index (χ0v) is 18.5. The number of hydrogen-bond acceptors (Lipinski definition) is 5. The molecule has 0 aliphatic rings. The Bertz CT molecular complexity index is 899. The number of thiocarbonyl (C=S) groups is 1. The van der Waals surface area contributed by atoms with Crippen LogP contribution in [0, 0.1) is 0 Å². The lowest BCUT2D eigenvalue weighted by Crippen LogP contribution is -2.34. The fourth-order valence-corrected chi connectivity index (χ4v) is 2.85. The van der Waals surface area contributed by atoms with Crippen LogP contribution in [-0.4, -0.2) is 35.5 Å². The maximum Gasteiger partial charge on any atom is 0.306 e. The molecule has 0 fully saturated rings. The van der Waals surface area contributed by atoms with Gasteiger partial charge in [-0.1, -0.05) is 30.3 Å². The van der Waals surface area contributed by atoms with E-state index in [4.69, 9.17) is 17.0 Å². The Kier molecular flexibility index (Phi) is 9.64. The number of anilines is 1. The molecule has 0 aliphatic carbocycles. The van der Waals surface area contributed by atoms with Gasteiger partial charge >= 0.3 is 5.97 Å². The van der Waals surface area contributed by atoms with Gasteiger partial charge in [-0.2, -0.15) is 0 Å². The van der Waals surface area contributed by atoms with Crippen LogP contribution in [0.25, 0.3) is 0 Å². The van der Waals surface area contributed by atoms with Crippen LogP contribution < -0.4 is 16.0 Å². The van der Waals surface area contributed by atoms with E-state index in [1.54, 1.807) is 24.3 Å². The first kappa shape index (κ1) is 24.0. The number of nitrogens with one attached hydrogen (secondary N) is 3. The van der Waals surface area contributed by atoms with E-state index >= 15 is 0 Å². The minimum atomic E-state index is -0.430. The molecule has 7 nitrogen and oxygen atoms in total. The van der Waals surface area contributed by atoms with Gasteiger partial charge in [0.2, 0.25) is 5.91 Å². The van der Waals surface area contributed by atoms with E-state index in [9.17, 15) is 14.4 Å². The number of ether oxygens (including phenoxy) is 1. The molecule has 0 saturated carbocycles. The first-order valence-corrected chi connectivity index (χ1v) is 10.5. The van der Waals surface area contributed by atoms with Crippen molar-refractivity contribution in [3.63, 3.8) is 0 Å². The van der Waals surface area contributed by atoms with Crippen LogP contribution in [0.5, 0.6) is 0 Å². The quantitative estimate of drug-likeness (QED) is 0.409. The van der Waals surface area contributed by atoms with Gasteiger partial charge in [-0.05, 0) is 55.9 Å². The molecule has 0 aliphatic heterocycles. The van der Waals surface area contributed by atoms with Crippen molar-refractivity contribution in [2.75, 3.05) is 11.9 Å². The van der Waals surface area contributed by atoms with E-state index in [-0.39, 0.29) is 42.4 Å². The molecule has 2 aromatic carbocycles. The van der Waals surface area contributed by atoms with Crippen LogP contribution in [0.1, 0.15) is 42.6 Å². The summed E-state index contributed by atoms with van der Waals surface area (Å²) in [5, 5.41) is 8.32. The largest absolute Gasteiger partial charge is 0.465 e. The van der Waals surface area contributed by atoms with Crippen LogP contribution in [-0.2, 0) is 20.7 Å². The molecule has 8 heteroatoms. The maximum absolute atomic E-state index is 12.0. The van der Waals surface area contributed by atoms with Crippen molar-refractivity contribution < 1.29 is 19.1 Å². The van der Waals surface area contributed by atoms with Crippen molar-refractivity contribution in [3.8, 4) is 0 Å². The summed E-state index contributed by atoms with van der Waals surface area (Å²) in [4.78, 5) is 35.7. The maximum atomic E-state index is 12.0. The van der Waals surface area contributed by atoms with Crippen molar-refractivity contribution in [2.45, 2.75) is 39.2 Å². The number of hydrogen-bond donors (Lipinski definition) is 3. The van der Waals surface area contributed by atoms with Crippen LogP contribution >= 0.6 is 12.2 Å². The molecule has 31 heavy (non-hydrogen) atoms. The zero-order chi connectivity index (χ0) is 22.6. The van der Waals surface area contributed by atoms with Crippen LogP contribution in [0.15, 0.2) is 54.6 Å². The Balaban J connectivity index is 1.66. The third-order valence-electron chi connectivity index (χ3n) is 4.13. The number of carbonyl (C=O) groups is 3. The molecule has 3 N–H and O–H groups in total. The minimum Gasteiger partial charge on any atom is -0.465 e. The standard InChI is InChI=1S/C23H27N3O4S/c1-16(2)24-22(29)18-8-10-19(11-9-18)25-23(31)26-20(27)12-13-21(28)30-15-14-17-6-4-3-5-7-17/h3-11,16H,12-15H2,1-2H3,(H,24,29)(H2,25,26,27,31). The average molecular weight is 442 g/mol. The van der Waals surface area contributed by atoms with E-state index in [1.165, 1.54) is 0 Å². The first-order chi connectivity index (χ1) is 14.8. The highest BCUT2D eigenvalue weighted by atomic mass is 32.1. The predicted octanol–water partition coefficient (Wildman–Crippen LogP) is 3.20. The van der Waals surface area contributed by atoms with Crippen LogP contribution in [0.3, 0.4) is 0 Å². The molecule has 0 radical (unpaired) electrons. The number of carbonyl (C=O) groups excluding carboxylic acids is 3. The van der Waals surface area contributed by atoms with Gasteiger partial charge in [-0.25, -0.2) is 0 Å². The Hall–Kier alpha value is -3.26. The Morgan fingerprint density at radius 1 is 0.968 bits per heavy atom. The molecule has 0 spiro atoms. The number of benzene rings is 2. The van der Waals surface area contributed by atoms with Gasteiger partial charge in [0.05, 0.1) is 13.0 Å². The summed E-state index contributed by atoms with van der Waals surface area (Å²) in [6, 6.07) is 16.5. The molecule has 164 valence electrons. The molecule has 0 aromatic heterocycles. The number of rotatable bonds is 9. The minimum absolute atomic E-state index is 0.0249. The summed E-state index contributed by atoms with van der Waals surface area (Å²) in [5.41, 5.74) is 2.24. The highest BCUT2D eigenvalue weighted by Gasteiger charge is 2.11. The van der Waals surface area contributed by atoms with E-state index in [1.807, 2.05) is 44.2 Å². The van der Waals surface area contributed by atoms with Gasteiger partial charge in [0.1, 0.15) is 0 Å². The third kappa shape index (κ3) is 9.39. The van der Waals surface area contributed by atoms with Gasteiger partial charge in [-0.3, -0.25) is 14.4 Å². The fraction of sp³-hybridized carbons (Fsp3) is 0.304. The molecule has 0 saturated heterocycles. The molecule has 0 unspecified atom stereocenters. The van der Waals surface area contributed by atoms with Crippen molar-refractivity contribution in [1.82, 2.24) is 10.6 Å². The molecule has 0 bridgehead atoms. The normalized spacial score (nSPS) is 10.3. The van der Waals surface area contributed by atoms with Crippen LogP contribution in [0.2, 0.25) is 0 Å². The average Bonchev–Trinajstić information content (AvgIpc) is 2.73. The second-order valence-corrected chi connectivity index (χ2v) is 7.57. The molecular formula is C23H27N3O4S. The summed E-state index contributed by atoms with van der Waals surface area (Å²) in [7, 11) is 0. The number of amides is 2. The van der Waals surface area contributed by atoms with E-state index in [2.05, 4.69) is 16.0 Å². The van der Waals surface area contributed by atoms with E-state index in [0.29, 0.717) is 17.7 Å². The molecule has 2 rings (SSSR count). The smallest absolute Gasteiger partial charge is 0.306 e. The highest BCUT2D eigenvalue weighted by molar-refractivity contribution is 7.80. The number of esters is 1. The highest BCUT2D eigenvalue weighted by Crippen LogP contribution is 2.10. The monoisotopic (exact) mass is 441 g/mol. The van der Waals surface area contributed by atoms with E-state index < -0.39 is 5.97 Å². The topological polar surface area (TPSA) is 96.5 Å². The summed E-state index contributed by atoms with van der Waals surface area (Å²) < 4.78 is 5.15. The molecule has 2 amide bonds. The first-order valence-electron chi connectivity index (χ1n) is 10.0. The Morgan fingerprint density at radius 3 is 2.29 bits per heavy atom. The van der Waals surface area contributed by atoms with Gasteiger partial charge in [0, 0.05) is 30.1 Å². The summed E-state index contributed by atoms with van der Waals surface area (Å²) >= 11 is 5.12. The zero-order valence-electron chi connectivity index (χ0n) is 17.6. The lowest BCUT2D eigenvalue weighted by Gasteiger charge is -2.11. The summed E-state index contributed by atoms with van der Waals surface area (Å²) in [6.07, 6.45) is 0.577. The third-order valence-corrected chi connectivity index (χ3v) is 4.33. The Labute approximate surface area is 187 Å². The molecule has 2 aromatic rings. The Morgan fingerprint density at radius 2 is 1.65 bits per heavy atom. The van der Waals surface area contributed by atoms with Crippen molar-refractivity contribution in [1.29, 1.82) is 0 Å². The second kappa shape index (κ2) is 12.4. The summed E-state index contributed by atoms with van der Waals surface area (Å²) in [5.74, 6) is -0.973.